The van der Waals surface area contributed by atoms with Crippen molar-refractivity contribution in [3.05, 3.63) is 42.2 Å². The van der Waals surface area contributed by atoms with Crippen LogP contribution in [0.4, 0.5) is 5.69 Å². The van der Waals surface area contributed by atoms with Gasteiger partial charge in [-0.1, -0.05) is 19.1 Å². The van der Waals surface area contributed by atoms with Crippen LogP contribution in [0.5, 0.6) is 0 Å². The SMILES string of the molecule is Cc1ccn(-c2ccccc2NC(=O)C(C)C2CNC2)n1.Cl. The van der Waals surface area contributed by atoms with Gasteiger partial charge in [-0.25, -0.2) is 4.68 Å². The molecule has 5 nitrogen and oxygen atoms in total. The summed E-state index contributed by atoms with van der Waals surface area (Å²) in [5, 5.41) is 10.7. The first-order valence-electron chi connectivity index (χ1n) is 7.28. The van der Waals surface area contributed by atoms with Crippen molar-refractivity contribution in [3.8, 4) is 5.69 Å². The second-order valence-electron chi connectivity index (χ2n) is 5.62. The molecular formula is C16H21ClN4O. The molecule has 1 fully saturated rings. The van der Waals surface area contributed by atoms with Gasteiger partial charge in [0.2, 0.25) is 5.91 Å². The molecule has 0 bridgehead atoms. The predicted molar refractivity (Wildman–Crippen MR) is 89.7 cm³/mol. The summed E-state index contributed by atoms with van der Waals surface area (Å²) >= 11 is 0. The summed E-state index contributed by atoms with van der Waals surface area (Å²) in [6.07, 6.45) is 1.90. The van der Waals surface area contributed by atoms with E-state index in [4.69, 9.17) is 0 Å². The number of anilines is 1. The number of carbonyl (C=O) groups is 1. The average Bonchev–Trinajstić information content (AvgIpc) is 2.84. The maximum Gasteiger partial charge on any atom is 0.227 e. The Morgan fingerprint density at radius 3 is 2.68 bits per heavy atom. The Labute approximate surface area is 136 Å². The molecule has 0 saturated carbocycles. The molecule has 0 spiro atoms. The van der Waals surface area contributed by atoms with E-state index in [1.807, 2.05) is 50.4 Å². The van der Waals surface area contributed by atoms with Crippen molar-refractivity contribution in [1.82, 2.24) is 15.1 Å². The van der Waals surface area contributed by atoms with Crippen molar-refractivity contribution in [3.63, 3.8) is 0 Å². The lowest BCUT2D eigenvalue weighted by Crippen LogP contribution is -2.48. The molecule has 1 aromatic heterocycles. The molecule has 1 aliphatic heterocycles. The lowest BCUT2D eigenvalue weighted by Gasteiger charge is -2.31. The van der Waals surface area contributed by atoms with Crippen LogP contribution in [0.1, 0.15) is 12.6 Å². The van der Waals surface area contributed by atoms with Crippen molar-refractivity contribution in [1.29, 1.82) is 0 Å². The van der Waals surface area contributed by atoms with Crippen LogP contribution in [0.15, 0.2) is 36.5 Å². The molecule has 3 rings (SSSR count). The van der Waals surface area contributed by atoms with E-state index in [9.17, 15) is 4.79 Å². The summed E-state index contributed by atoms with van der Waals surface area (Å²) in [6.45, 7) is 5.79. The van der Waals surface area contributed by atoms with Gasteiger partial charge in [-0.05, 0) is 44.1 Å². The molecule has 0 aliphatic carbocycles. The zero-order valence-corrected chi connectivity index (χ0v) is 13.6. The van der Waals surface area contributed by atoms with E-state index in [0.717, 1.165) is 30.2 Å². The van der Waals surface area contributed by atoms with Crippen molar-refractivity contribution in [2.75, 3.05) is 18.4 Å². The van der Waals surface area contributed by atoms with Crippen molar-refractivity contribution in [2.45, 2.75) is 13.8 Å². The highest BCUT2D eigenvalue weighted by Gasteiger charge is 2.29. The average molecular weight is 321 g/mol. The Kier molecular flexibility index (Phi) is 5.21. The van der Waals surface area contributed by atoms with E-state index in [2.05, 4.69) is 15.7 Å². The first kappa shape index (κ1) is 16.5. The number of para-hydroxylation sites is 2. The van der Waals surface area contributed by atoms with Gasteiger partial charge in [0, 0.05) is 12.1 Å². The second kappa shape index (κ2) is 6.94. The number of hydrogen-bond acceptors (Lipinski definition) is 3. The topological polar surface area (TPSA) is 59.0 Å². The Morgan fingerprint density at radius 2 is 2.09 bits per heavy atom. The highest BCUT2D eigenvalue weighted by molar-refractivity contribution is 5.94. The fourth-order valence-corrected chi connectivity index (χ4v) is 2.45. The molecule has 6 heteroatoms. The Hall–Kier alpha value is -1.85. The predicted octanol–water partition coefficient (Wildman–Crippen LogP) is 2.40. The van der Waals surface area contributed by atoms with Gasteiger partial charge in [-0.3, -0.25) is 4.79 Å². The Balaban J connectivity index is 0.00000176. The minimum atomic E-state index is 0. The molecule has 2 N–H and O–H groups in total. The molecule has 1 amide bonds. The number of carbonyl (C=O) groups excluding carboxylic acids is 1. The van der Waals surface area contributed by atoms with Crippen LogP contribution in [0.25, 0.3) is 5.69 Å². The number of rotatable bonds is 4. The minimum absolute atomic E-state index is 0. The normalized spacial score (nSPS) is 15.5. The molecular weight excluding hydrogens is 300 g/mol. The van der Waals surface area contributed by atoms with Gasteiger partial charge in [0.25, 0.3) is 0 Å². The fraction of sp³-hybridized carbons (Fsp3) is 0.375. The third-order valence-corrected chi connectivity index (χ3v) is 4.06. The largest absolute Gasteiger partial charge is 0.324 e. The van der Waals surface area contributed by atoms with Gasteiger partial charge in [-0.2, -0.15) is 5.10 Å². The van der Waals surface area contributed by atoms with Crippen LogP contribution in [-0.4, -0.2) is 28.8 Å². The first-order chi connectivity index (χ1) is 10.1. The van der Waals surface area contributed by atoms with Crippen LogP contribution in [0.2, 0.25) is 0 Å². The van der Waals surface area contributed by atoms with Crippen LogP contribution in [-0.2, 0) is 4.79 Å². The number of nitrogens with zero attached hydrogens (tertiary/aromatic N) is 2. The lowest BCUT2D eigenvalue weighted by molar-refractivity contribution is -0.121. The standard InChI is InChI=1S/C16H20N4O.ClH/c1-11-7-8-20(19-11)15-6-4-3-5-14(15)18-16(21)12(2)13-9-17-10-13;/h3-8,12-13,17H,9-10H2,1-2H3,(H,18,21);1H. The number of hydrogen-bond donors (Lipinski definition) is 2. The fourth-order valence-electron chi connectivity index (χ4n) is 2.45. The molecule has 1 aromatic carbocycles. The number of halogens is 1. The van der Waals surface area contributed by atoms with Gasteiger partial charge in [-0.15, -0.1) is 12.4 Å². The molecule has 2 aromatic rings. The van der Waals surface area contributed by atoms with Crippen LogP contribution in [0, 0.1) is 18.8 Å². The van der Waals surface area contributed by atoms with Crippen LogP contribution < -0.4 is 10.6 Å². The highest BCUT2D eigenvalue weighted by Crippen LogP contribution is 2.22. The first-order valence-corrected chi connectivity index (χ1v) is 7.28. The van der Waals surface area contributed by atoms with Crippen molar-refractivity contribution in [2.24, 2.45) is 11.8 Å². The van der Waals surface area contributed by atoms with E-state index < -0.39 is 0 Å². The molecule has 1 unspecified atom stereocenters. The van der Waals surface area contributed by atoms with E-state index in [1.54, 1.807) is 4.68 Å². The third kappa shape index (κ3) is 3.31. The zero-order valence-electron chi connectivity index (χ0n) is 12.7. The van der Waals surface area contributed by atoms with E-state index in [1.165, 1.54) is 0 Å². The van der Waals surface area contributed by atoms with Gasteiger partial charge in [0.1, 0.15) is 0 Å². The van der Waals surface area contributed by atoms with Gasteiger partial charge < -0.3 is 10.6 Å². The minimum Gasteiger partial charge on any atom is -0.324 e. The number of aryl methyl sites for hydroxylation is 1. The maximum absolute atomic E-state index is 12.4. The summed E-state index contributed by atoms with van der Waals surface area (Å²) in [6, 6.07) is 9.68. The number of nitrogens with one attached hydrogen (secondary N) is 2. The molecule has 1 atom stereocenters. The summed E-state index contributed by atoms with van der Waals surface area (Å²) in [5.41, 5.74) is 2.63. The highest BCUT2D eigenvalue weighted by atomic mass is 35.5. The third-order valence-electron chi connectivity index (χ3n) is 4.06. The summed E-state index contributed by atoms with van der Waals surface area (Å²) in [7, 11) is 0. The molecule has 2 heterocycles. The van der Waals surface area contributed by atoms with Crippen LogP contribution >= 0.6 is 12.4 Å². The van der Waals surface area contributed by atoms with E-state index in [-0.39, 0.29) is 24.2 Å². The Morgan fingerprint density at radius 1 is 1.36 bits per heavy atom. The van der Waals surface area contributed by atoms with Crippen molar-refractivity contribution < 1.29 is 4.79 Å². The Bertz CT molecular complexity index is 651. The maximum atomic E-state index is 12.4. The van der Waals surface area contributed by atoms with Gasteiger partial charge in [0.15, 0.2) is 0 Å². The van der Waals surface area contributed by atoms with Gasteiger partial charge in [0.05, 0.1) is 17.1 Å². The molecule has 1 aliphatic rings. The summed E-state index contributed by atoms with van der Waals surface area (Å²) < 4.78 is 1.79. The smallest absolute Gasteiger partial charge is 0.227 e. The molecule has 22 heavy (non-hydrogen) atoms. The van der Waals surface area contributed by atoms with Gasteiger partial charge >= 0.3 is 0 Å². The van der Waals surface area contributed by atoms with E-state index in [0.29, 0.717) is 5.92 Å². The monoisotopic (exact) mass is 320 g/mol. The summed E-state index contributed by atoms with van der Waals surface area (Å²) in [5.74, 6) is 0.514. The molecule has 0 radical (unpaired) electrons. The van der Waals surface area contributed by atoms with E-state index >= 15 is 0 Å². The quantitative estimate of drug-likeness (QED) is 0.909. The number of benzene rings is 1. The number of aromatic nitrogens is 2. The second-order valence-corrected chi connectivity index (χ2v) is 5.62. The zero-order chi connectivity index (χ0) is 14.8. The number of amides is 1. The molecule has 1 saturated heterocycles. The molecule has 118 valence electrons. The lowest BCUT2D eigenvalue weighted by atomic mass is 9.88. The summed E-state index contributed by atoms with van der Waals surface area (Å²) in [4.78, 5) is 12.4. The van der Waals surface area contributed by atoms with Crippen molar-refractivity contribution >= 4 is 24.0 Å². The van der Waals surface area contributed by atoms with Crippen LogP contribution in [0.3, 0.4) is 0 Å².